The molecule has 1 saturated heterocycles. The van der Waals surface area contributed by atoms with Crippen LogP contribution in [-0.2, 0) is 9.53 Å². The molecule has 13 heteroatoms. The number of benzene rings is 2. The molecule has 3 aromatic rings. The van der Waals surface area contributed by atoms with E-state index >= 15 is 0 Å². The van der Waals surface area contributed by atoms with Crippen molar-refractivity contribution in [2.24, 2.45) is 0 Å². The average molecular weight is 589 g/mol. The summed E-state index contributed by atoms with van der Waals surface area (Å²) in [6.07, 6.45) is 2.58. The molecule has 0 saturated carbocycles. The smallest absolute Gasteiger partial charge is 0.247 e. The van der Waals surface area contributed by atoms with E-state index in [0.29, 0.717) is 75.8 Å². The number of anilines is 5. The van der Waals surface area contributed by atoms with Gasteiger partial charge in [-0.1, -0.05) is 29.8 Å². The van der Waals surface area contributed by atoms with Crippen molar-refractivity contribution in [1.82, 2.24) is 14.9 Å². The van der Waals surface area contributed by atoms with E-state index in [1.807, 2.05) is 0 Å². The molecule has 0 bridgehead atoms. The second-order valence-corrected chi connectivity index (χ2v) is 9.36. The van der Waals surface area contributed by atoms with Crippen LogP contribution in [0.15, 0.2) is 49.3 Å². The van der Waals surface area contributed by atoms with Crippen LogP contribution >= 0.6 is 23.2 Å². The Bertz CT molecular complexity index is 1350. The predicted molar refractivity (Wildman–Crippen MR) is 156 cm³/mol. The maximum absolute atomic E-state index is 12.2. The van der Waals surface area contributed by atoms with Crippen molar-refractivity contribution in [3.8, 4) is 17.2 Å². The van der Waals surface area contributed by atoms with Crippen molar-refractivity contribution in [1.29, 1.82) is 0 Å². The van der Waals surface area contributed by atoms with Gasteiger partial charge in [0, 0.05) is 37.8 Å². The van der Waals surface area contributed by atoms with Crippen LogP contribution in [0, 0.1) is 0 Å². The molecule has 1 fully saturated rings. The minimum absolute atomic E-state index is 0.377. The first-order valence-corrected chi connectivity index (χ1v) is 13.1. The topological polar surface area (TPSA) is 119 Å². The minimum Gasteiger partial charge on any atom is -0.495 e. The summed E-state index contributed by atoms with van der Waals surface area (Å²) in [5.41, 5.74) is 1.54. The number of ether oxygens (including phenoxy) is 4. The summed E-state index contributed by atoms with van der Waals surface area (Å²) in [4.78, 5) is 23.0. The van der Waals surface area contributed by atoms with Crippen molar-refractivity contribution in [3.63, 3.8) is 0 Å². The van der Waals surface area contributed by atoms with Crippen LogP contribution in [0.25, 0.3) is 0 Å². The summed E-state index contributed by atoms with van der Waals surface area (Å²) in [5.74, 6) is 1.95. The van der Waals surface area contributed by atoms with Crippen LogP contribution in [0.3, 0.4) is 0 Å². The van der Waals surface area contributed by atoms with Crippen LogP contribution in [0.5, 0.6) is 17.2 Å². The van der Waals surface area contributed by atoms with Gasteiger partial charge in [-0.15, -0.1) is 0 Å². The van der Waals surface area contributed by atoms with E-state index < -0.39 is 0 Å². The van der Waals surface area contributed by atoms with E-state index in [1.165, 1.54) is 19.5 Å². The third-order valence-electron chi connectivity index (χ3n) is 5.95. The first-order chi connectivity index (χ1) is 19.4. The van der Waals surface area contributed by atoms with E-state index in [9.17, 15) is 4.79 Å². The third kappa shape index (κ3) is 7.66. The molecule has 2 aromatic carbocycles. The molecule has 0 spiro atoms. The number of halogens is 2. The number of morpholine rings is 1. The van der Waals surface area contributed by atoms with Gasteiger partial charge in [0.25, 0.3) is 0 Å². The lowest BCUT2D eigenvalue weighted by molar-refractivity contribution is -0.111. The van der Waals surface area contributed by atoms with E-state index in [2.05, 4.69) is 37.4 Å². The molecule has 1 aromatic heterocycles. The Morgan fingerprint density at radius 2 is 1.65 bits per heavy atom. The second kappa shape index (κ2) is 14.0. The van der Waals surface area contributed by atoms with Crippen molar-refractivity contribution < 1.29 is 23.7 Å². The van der Waals surface area contributed by atoms with Crippen molar-refractivity contribution >= 4 is 57.8 Å². The molecule has 11 nitrogen and oxygen atoms in total. The summed E-state index contributed by atoms with van der Waals surface area (Å²) >= 11 is 12.5. The Balaban J connectivity index is 1.54. The normalized spacial score (nSPS) is 13.3. The molecule has 1 aliphatic rings. The molecule has 4 rings (SSSR count). The van der Waals surface area contributed by atoms with Gasteiger partial charge in [-0.2, -0.15) is 0 Å². The van der Waals surface area contributed by atoms with Crippen molar-refractivity contribution in [2.45, 2.75) is 0 Å². The zero-order valence-corrected chi connectivity index (χ0v) is 23.6. The lowest BCUT2D eigenvalue weighted by atomic mass is 10.2. The summed E-state index contributed by atoms with van der Waals surface area (Å²) in [6.45, 7) is 7.79. The number of methoxy groups -OCH3 is 2. The van der Waals surface area contributed by atoms with Crippen LogP contribution in [-0.4, -0.2) is 74.4 Å². The summed E-state index contributed by atoms with van der Waals surface area (Å²) < 4.78 is 22.3. The van der Waals surface area contributed by atoms with Gasteiger partial charge in [-0.3, -0.25) is 9.69 Å². The van der Waals surface area contributed by atoms with Gasteiger partial charge >= 0.3 is 0 Å². The quantitative estimate of drug-likeness (QED) is 0.246. The summed E-state index contributed by atoms with van der Waals surface area (Å²) in [7, 11) is 3.06. The maximum Gasteiger partial charge on any atom is 0.247 e. The first-order valence-electron chi connectivity index (χ1n) is 12.4. The Hall–Kier alpha value is -3.77. The van der Waals surface area contributed by atoms with Crippen molar-refractivity contribution in [2.75, 3.05) is 69.6 Å². The minimum atomic E-state index is -0.377. The fraction of sp³-hybridized carbons (Fsp3) is 0.296. The van der Waals surface area contributed by atoms with Crippen LogP contribution in [0.2, 0.25) is 10.0 Å². The molecule has 212 valence electrons. The lowest BCUT2D eigenvalue weighted by Gasteiger charge is -2.26. The number of nitrogens with one attached hydrogen (secondary N) is 3. The number of carbonyl (C=O) groups excluding carboxylic acids is 1. The molecule has 1 amide bonds. The van der Waals surface area contributed by atoms with Gasteiger partial charge in [0.05, 0.1) is 54.5 Å². The fourth-order valence-electron chi connectivity index (χ4n) is 3.89. The van der Waals surface area contributed by atoms with Gasteiger partial charge < -0.3 is 34.9 Å². The molecular formula is C27H30Cl2N6O5. The third-order valence-corrected chi connectivity index (χ3v) is 6.56. The molecule has 0 unspecified atom stereocenters. The number of amides is 1. The van der Waals surface area contributed by atoms with E-state index in [0.717, 1.165) is 19.6 Å². The average Bonchev–Trinajstić information content (AvgIpc) is 2.96. The second-order valence-electron chi connectivity index (χ2n) is 8.55. The maximum atomic E-state index is 12.2. The Morgan fingerprint density at radius 1 is 0.950 bits per heavy atom. The summed E-state index contributed by atoms with van der Waals surface area (Å²) in [5, 5.41) is 9.94. The highest BCUT2D eigenvalue weighted by Crippen LogP contribution is 2.39. The van der Waals surface area contributed by atoms with Gasteiger partial charge in [-0.25, -0.2) is 9.97 Å². The van der Waals surface area contributed by atoms with E-state index in [4.69, 9.17) is 42.1 Å². The van der Waals surface area contributed by atoms with Gasteiger partial charge in [0.2, 0.25) is 5.91 Å². The molecule has 1 aliphatic heterocycles. The molecule has 2 heterocycles. The van der Waals surface area contributed by atoms with E-state index in [1.54, 1.807) is 37.4 Å². The van der Waals surface area contributed by atoms with E-state index in [-0.39, 0.29) is 5.91 Å². The number of hydrogen-bond donors (Lipinski definition) is 3. The van der Waals surface area contributed by atoms with Crippen LogP contribution < -0.4 is 30.2 Å². The Kier molecular flexibility index (Phi) is 10.3. The molecule has 3 N–H and O–H groups in total. The molecule has 0 radical (unpaired) electrons. The molecular weight excluding hydrogens is 559 g/mol. The van der Waals surface area contributed by atoms with Crippen LogP contribution in [0.1, 0.15) is 0 Å². The Morgan fingerprint density at radius 3 is 2.33 bits per heavy atom. The van der Waals surface area contributed by atoms with Crippen molar-refractivity contribution in [3.05, 3.63) is 59.4 Å². The zero-order valence-electron chi connectivity index (χ0n) is 22.1. The fourth-order valence-corrected chi connectivity index (χ4v) is 4.40. The standard InChI is InChI=1S/C27H30Cl2N6O5/c1-4-27(36)34-21-12-20(23(38-3)14-24(21)40-10-7-35-5-8-39-9-6-35)33-26-15-25(30-16-31-26)32-19-13-22(37-2)18(29)11-17(19)28/h4,11-16H,1,5-10H2,2-3H3,(H,34,36)(H2,30,31,32,33). The highest BCUT2D eigenvalue weighted by molar-refractivity contribution is 6.37. The molecule has 40 heavy (non-hydrogen) atoms. The largest absolute Gasteiger partial charge is 0.495 e. The van der Waals surface area contributed by atoms with Gasteiger partial charge in [0.1, 0.15) is 41.8 Å². The van der Waals surface area contributed by atoms with Gasteiger partial charge in [-0.05, 0) is 18.2 Å². The lowest BCUT2D eigenvalue weighted by Crippen LogP contribution is -2.38. The predicted octanol–water partition coefficient (Wildman–Crippen LogP) is 5.12. The first kappa shape index (κ1) is 29.2. The zero-order chi connectivity index (χ0) is 28.5. The molecule has 0 atom stereocenters. The number of aromatic nitrogens is 2. The highest BCUT2D eigenvalue weighted by atomic mass is 35.5. The Labute approximate surface area is 242 Å². The SMILES string of the molecule is C=CC(=O)Nc1cc(Nc2cc(Nc3cc(OC)c(Cl)cc3Cl)ncn2)c(OC)cc1OCCN1CCOCC1. The number of rotatable bonds is 12. The number of hydrogen-bond acceptors (Lipinski definition) is 10. The van der Waals surface area contributed by atoms with Gasteiger partial charge in [0.15, 0.2) is 0 Å². The summed E-state index contributed by atoms with van der Waals surface area (Å²) in [6, 6.07) is 8.36. The van der Waals surface area contributed by atoms with Crippen LogP contribution in [0.4, 0.5) is 28.7 Å². The number of carbonyl (C=O) groups is 1. The highest BCUT2D eigenvalue weighted by Gasteiger charge is 2.16. The monoisotopic (exact) mass is 588 g/mol. The number of nitrogens with zero attached hydrogens (tertiary/aromatic N) is 3. The molecule has 0 aliphatic carbocycles.